The second-order valence-corrected chi connectivity index (χ2v) is 9.76. The summed E-state index contributed by atoms with van der Waals surface area (Å²) >= 11 is 6.38. The summed E-state index contributed by atoms with van der Waals surface area (Å²) in [6.07, 6.45) is 2.26. The zero-order valence-electron chi connectivity index (χ0n) is 21.4. The molecule has 3 aromatic rings. The molecule has 7 heteroatoms. The molecule has 0 saturated carbocycles. The Balaban J connectivity index is 1.74. The molecule has 0 radical (unpaired) electrons. The van der Waals surface area contributed by atoms with Gasteiger partial charge in [0.2, 0.25) is 11.8 Å². The van der Waals surface area contributed by atoms with Crippen LogP contribution in [0.2, 0.25) is 5.02 Å². The highest BCUT2D eigenvalue weighted by molar-refractivity contribution is 6.31. The van der Waals surface area contributed by atoms with Gasteiger partial charge in [-0.05, 0) is 35.2 Å². The Bertz CT molecular complexity index is 1110. The average molecular weight is 510 g/mol. The van der Waals surface area contributed by atoms with Crippen LogP contribution in [0.25, 0.3) is 0 Å². The van der Waals surface area contributed by atoms with Crippen LogP contribution in [0.3, 0.4) is 0 Å². The van der Waals surface area contributed by atoms with Gasteiger partial charge in [0.25, 0.3) is 0 Å². The fraction of sp³-hybridized carbons (Fsp3) is 0.379. The van der Waals surface area contributed by atoms with E-state index in [1.807, 2.05) is 77.8 Å². The maximum absolute atomic E-state index is 13.5. The van der Waals surface area contributed by atoms with Crippen LogP contribution < -0.4 is 0 Å². The summed E-state index contributed by atoms with van der Waals surface area (Å²) in [5.74, 6) is 0.123. The largest absolute Gasteiger partial charge is 0.383 e. The van der Waals surface area contributed by atoms with Crippen molar-refractivity contribution < 1.29 is 14.3 Å². The molecular formula is C29H36ClN3O3. The average Bonchev–Trinajstić information content (AvgIpc) is 3.29. The summed E-state index contributed by atoms with van der Waals surface area (Å²) in [6, 6.07) is 21.4. The SMILES string of the molecule is COCCN(CC(=O)N(Cc1cccn1Cc1ccccc1Cl)CC(C)C)C(=O)Cc1ccccc1. The predicted molar refractivity (Wildman–Crippen MR) is 144 cm³/mol. The van der Waals surface area contributed by atoms with Crippen molar-refractivity contribution in [3.8, 4) is 0 Å². The molecule has 0 fully saturated rings. The first-order valence-corrected chi connectivity index (χ1v) is 12.7. The maximum atomic E-state index is 13.5. The van der Waals surface area contributed by atoms with Crippen LogP contribution in [-0.2, 0) is 33.8 Å². The monoisotopic (exact) mass is 509 g/mol. The van der Waals surface area contributed by atoms with E-state index in [2.05, 4.69) is 18.4 Å². The fourth-order valence-electron chi connectivity index (χ4n) is 4.09. The second kappa shape index (κ2) is 13.9. The standard InChI is InChI=1S/C29H36ClN3O3/c1-23(2)19-33(21-26-13-9-15-31(26)20-25-12-7-8-14-27(25)30)29(35)22-32(16-17-36-3)28(34)18-24-10-5-4-6-11-24/h4-15,23H,16-22H2,1-3H3. The highest BCUT2D eigenvalue weighted by Crippen LogP contribution is 2.18. The molecular weight excluding hydrogens is 474 g/mol. The van der Waals surface area contributed by atoms with E-state index in [0.29, 0.717) is 32.8 Å². The lowest BCUT2D eigenvalue weighted by molar-refractivity contribution is -0.141. The predicted octanol–water partition coefficient (Wildman–Crippen LogP) is 4.89. The number of carbonyl (C=O) groups excluding carboxylic acids is 2. The summed E-state index contributed by atoms with van der Waals surface area (Å²) in [5, 5.41) is 0.720. The minimum absolute atomic E-state index is 0.0208. The third-order valence-electron chi connectivity index (χ3n) is 5.96. The molecule has 1 aromatic heterocycles. The second-order valence-electron chi connectivity index (χ2n) is 9.36. The Hall–Kier alpha value is -3.09. The highest BCUT2D eigenvalue weighted by atomic mass is 35.5. The number of halogens is 1. The van der Waals surface area contributed by atoms with Crippen LogP contribution in [0.15, 0.2) is 72.9 Å². The van der Waals surface area contributed by atoms with Gasteiger partial charge in [0, 0.05) is 43.7 Å². The number of carbonyl (C=O) groups is 2. The summed E-state index contributed by atoms with van der Waals surface area (Å²) in [5.41, 5.74) is 2.97. The molecule has 6 nitrogen and oxygen atoms in total. The van der Waals surface area contributed by atoms with Crippen LogP contribution in [0.4, 0.5) is 0 Å². The summed E-state index contributed by atoms with van der Waals surface area (Å²) in [6.45, 7) is 6.62. The topological polar surface area (TPSA) is 54.8 Å². The van der Waals surface area contributed by atoms with Crippen molar-refractivity contribution >= 4 is 23.4 Å². The number of nitrogens with zero attached hydrogens (tertiary/aromatic N) is 3. The van der Waals surface area contributed by atoms with Gasteiger partial charge in [-0.15, -0.1) is 0 Å². The van der Waals surface area contributed by atoms with Gasteiger partial charge in [0.1, 0.15) is 0 Å². The van der Waals surface area contributed by atoms with E-state index in [0.717, 1.165) is 21.8 Å². The minimum atomic E-state index is -0.0850. The Labute approximate surface area is 219 Å². The van der Waals surface area contributed by atoms with Gasteiger partial charge >= 0.3 is 0 Å². The van der Waals surface area contributed by atoms with Crippen LogP contribution in [-0.4, -0.2) is 59.5 Å². The Morgan fingerprint density at radius 2 is 1.67 bits per heavy atom. The normalized spacial score (nSPS) is 11.0. The Morgan fingerprint density at radius 3 is 2.36 bits per heavy atom. The molecule has 3 rings (SSSR count). The molecule has 0 atom stereocenters. The zero-order chi connectivity index (χ0) is 25.9. The number of ether oxygens (including phenoxy) is 1. The van der Waals surface area contributed by atoms with Crippen LogP contribution >= 0.6 is 11.6 Å². The van der Waals surface area contributed by atoms with Crippen LogP contribution in [0, 0.1) is 5.92 Å². The molecule has 0 aliphatic carbocycles. The van der Waals surface area contributed by atoms with Gasteiger partial charge in [0.15, 0.2) is 0 Å². The molecule has 0 saturated heterocycles. The van der Waals surface area contributed by atoms with Crippen molar-refractivity contribution in [3.63, 3.8) is 0 Å². The van der Waals surface area contributed by atoms with Crippen molar-refractivity contribution in [3.05, 3.63) is 94.8 Å². The maximum Gasteiger partial charge on any atom is 0.242 e. The van der Waals surface area contributed by atoms with E-state index in [-0.39, 0.29) is 30.7 Å². The quantitative estimate of drug-likeness (QED) is 0.329. The van der Waals surface area contributed by atoms with E-state index in [9.17, 15) is 9.59 Å². The van der Waals surface area contributed by atoms with Gasteiger partial charge in [-0.2, -0.15) is 0 Å². The molecule has 192 valence electrons. The summed E-state index contributed by atoms with van der Waals surface area (Å²) < 4.78 is 7.33. The van der Waals surface area contributed by atoms with Gasteiger partial charge in [0.05, 0.1) is 26.1 Å². The summed E-state index contributed by atoms with van der Waals surface area (Å²) in [7, 11) is 1.60. The molecule has 0 bridgehead atoms. The first kappa shape index (κ1) is 27.5. The lowest BCUT2D eigenvalue weighted by Gasteiger charge is -2.29. The van der Waals surface area contributed by atoms with Gasteiger partial charge in [-0.25, -0.2) is 0 Å². The van der Waals surface area contributed by atoms with Crippen molar-refractivity contribution in [2.45, 2.75) is 33.4 Å². The number of aromatic nitrogens is 1. The molecule has 0 spiro atoms. The molecule has 2 aromatic carbocycles. The van der Waals surface area contributed by atoms with Crippen molar-refractivity contribution in [2.75, 3.05) is 33.4 Å². The molecule has 36 heavy (non-hydrogen) atoms. The Kier molecular flexibility index (Phi) is 10.6. The van der Waals surface area contributed by atoms with E-state index < -0.39 is 0 Å². The fourth-order valence-corrected chi connectivity index (χ4v) is 4.28. The van der Waals surface area contributed by atoms with Gasteiger partial charge < -0.3 is 19.1 Å². The molecule has 1 heterocycles. The first-order chi connectivity index (χ1) is 17.4. The van der Waals surface area contributed by atoms with Crippen LogP contribution in [0.5, 0.6) is 0 Å². The summed E-state index contributed by atoms with van der Waals surface area (Å²) in [4.78, 5) is 30.1. The van der Waals surface area contributed by atoms with Crippen LogP contribution in [0.1, 0.15) is 30.7 Å². The van der Waals surface area contributed by atoms with Crippen molar-refractivity contribution in [2.24, 2.45) is 5.92 Å². The van der Waals surface area contributed by atoms with E-state index in [4.69, 9.17) is 16.3 Å². The molecule has 0 aliphatic heterocycles. The Morgan fingerprint density at radius 1 is 0.944 bits per heavy atom. The molecule has 2 amide bonds. The zero-order valence-corrected chi connectivity index (χ0v) is 22.2. The number of hydrogen-bond acceptors (Lipinski definition) is 3. The molecule has 0 N–H and O–H groups in total. The third kappa shape index (κ3) is 8.25. The van der Waals surface area contributed by atoms with Gasteiger partial charge in [-0.3, -0.25) is 9.59 Å². The minimum Gasteiger partial charge on any atom is -0.383 e. The number of amides is 2. The van der Waals surface area contributed by atoms with E-state index >= 15 is 0 Å². The highest BCUT2D eigenvalue weighted by Gasteiger charge is 2.23. The van der Waals surface area contributed by atoms with E-state index in [1.165, 1.54) is 0 Å². The number of rotatable bonds is 13. The molecule has 0 unspecified atom stereocenters. The number of benzene rings is 2. The number of methoxy groups -OCH3 is 1. The first-order valence-electron chi connectivity index (χ1n) is 12.3. The molecule has 0 aliphatic rings. The smallest absolute Gasteiger partial charge is 0.242 e. The lowest BCUT2D eigenvalue weighted by Crippen LogP contribution is -2.45. The number of hydrogen-bond donors (Lipinski definition) is 0. The van der Waals surface area contributed by atoms with Crippen molar-refractivity contribution in [1.29, 1.82) is 0 Å². The third-order valence-corrected chi connectivity index (χ3v) is 6.32. The van der Waals surface area contributed by atoms with Crippen molar-refractivity contribution in [1.82, 2.24) is 14.4 Å². The van der Waals surface area contributed by atoms with E-state index in [1.54, 1.807) is 12.0 Å². The van der Waals surface area contributed by atoms with Gasteiger partial charge in [-0.1, -0.05) is 74.0 Å². The lowest BCUT2D eigenvalue weighted by atomic mass is 10.1.